The van der Waals surface area contributed by atoms with Gasteiger partial charge in [0.15, 0.2) is 0 Å². The highest BCUT2D eigenvalue weighted by molar-refractivity contribution is 6.41. The Morgan fingerprint density at radius 3 is 2.84 bits per heavy atom. The summed E-state index contributed by atoms with van der Waals surface area (Å²) in [6.07, 6.45) is 4.62. The molecule has 0 unspecified atom stereocenters. The number of hydrogen-bond acceptors (Lipinski definition) is 2. The number of aromatic nitrogens is 2. The van der Waals surface area contributed by atoms with E-state index in [-0.39, 0.29) is 10.0 Å². The smallest absolute Gasteiger partial charge is 0.266 e. The van der Waals surface area contributed by atoms with E-state index in [1.54, 1.807) is 0 Å². The average Bonchev–Trinajstić information content (AvgIpc) is 2.43. The van der Waals surface area contributed by atoms with Gasteiger partial charge in [0.25, 0.3) is 5.56 Å². The number of halogens is 2. The van der Waals surface area contributed by atoms with Crippen LogP contribution in [0, 0.1) is 0 Å². The molecule has 1 aromatic carbocycles. The minimum atomic E-state index is -0.401. The van der Waals surface area contributed by atoms with Crippen LogP contribution in [0.5, 0.6) is 0 Å². The summed E-state index contributed by atoms with van der Waals surface area (Å²) >= 11 is 11.6. The third-order valence-corrected chi connectivity index (χ3v) is 3.60. The van der Waals surface area contributed by atoms with Gasteiger partial charge in [0.2, 0.25) is 0 Å². The lowest BCUT2D eigenvalue weighted by molar-refractivity contribution is 0.783. The van der Waals surface area contributed by atoms with Crippen molar-refractivity contribution in [1.82, 2.24) is 9.78 Å². The molecule has 1 aromatic heterocycles. The lowest BCUT2D eigenvalue weighted by Crippen LogP contribution is -2.21. The minimum absolute atomic E-state index is 0.00405. The number of hydrogen-bond donors (Lipinski definition) is 0. The van der Waals surface area contributed by atoms with Crippen LogP contribution in [0.3, 0.4) is 0 Å². The topological polar surface area (TPSA) is 34.9 Å². The second-order valence-corrected chi connectivity index (χ2v) is 5.08. The van der Waals surface area contributed by atoms with Crippen LogP contribution in [0.2, 0.25) is 10.0 Å². The summed E-state index contributed by atoms with van der Waals surface area (Å²) in [4.78, 5) is 12.0. The number of rotatable bonds is 4. The average molecular weight is 297 g/mol. The fourth-order valence-electron chi connectivity index (χ4n) is 1.82. The maximum Gasteiger partial charge on any atom is 0.291 e. The van der Waals surface area contributed by atoms with Crippen LogP contribution < -0.4 is 5.56 Å². The van der Waals surface area contributed by atoms with E-state index in [1.807, 2.05) is 24.3 Å². The van der Waals surface area contributed by atoms with E-state index in [1.165, 1.54) is 16.4 Å². The van der Waals surface area contributed by atoms with Gasteiger partial charge in [-0.2, -0.15) is 9.78 Å². The Balaban J connectivity index is 2.42. The predicted octanol–water partition coefficient (Wildman–Crippen LogP) is 3.88. The van der Waals surface area contributed by atoms with Crippen LogP contribution in [0.4, 0.5) is 0 Å². The summed E-state index contributed by atoms with van der Waals surface area (Å²) < 4.78 is 1.27. The van der Waals surface area contributed by atoms with Crippen molar-refractivity contribution < 1.29 is 0 Å². The van der Waals surface area contributed by atoms with Gasteiger partial charge < -0.3 is 0 Å². The largest absolute Gasteiger partial charge is 0.291 e. The normalized spacial score (nSPS) is 10.7. The molecule has 0 saturated heterocycles. The van der Waals surface area contributed by atoms with Crippen molar-refractivity contribution in [3.63, 3.8) is 0 Å². The van der Waals surface area contributed by atoms with Crippen LogP contribution in [0.15, 0.2) is 35.3 Å². The molecule has 0 amide bonds. The van der Waals surface area contributed by atoms with E-state index >= 15 is 0 Å². The third kappa shape index (κ3) is 3.17. The van der Waals surface area contributed by atoms with Crippen molar-refractivity contribution in [2.45, 2.75) is 26.2 Å². The van der Waals surface area contributed by atoms with Crippen molar-refractivity contribution in [2.75, 3.05) is 0 Å². The highest BCUT2D eigenvalue weighted by Gasteiger charge is 2.09. The zero-order valence-electron chi connectivity index (χ0n) is 10.6. The standard InChI is InChI=1S/C14H14Cl2N2O/c1-2-3-5-10-6-4-7-11(8-10)18-14(19)13(16)12(15)9-17-18/h4,6-9H,2-3,5H2,1H3. The second kappa shape index (κ2) is 6.22. The maximum atomic E-state index is 12.0. The lowest BCUT2D eigenvalue weighted by atomic mass is 10.1. The number of nitrogens with zero attached hydrogens (tertiary/aromatic N) is 2. The van der Waals surface area contributed by atoms with Crippen molar-refractivity contribution >= 4 is 23.2 Å². The molecule has 0 spiro atoms. The third-order valence-electron chi connectivity index (χ3n) is 2.85. The van der Waals surface area contributed by atoms with E-state index in [2.05, 4.69) is 12.0 Å². The van der Waals surface area contributed by atoms with Gasteiger partial charge in [0.1, 0.15) is 5.02 Å². The van der Waals surface area contributed by atoms with E-state index in [9.17, 15) is 4.79 Å². The molecule has 3 nitrogen and oxygen atoms in total. The van der Waals surface area contributed by atoms with Gasteiger partial charge in [-0.3, -0.25) is 4.79 Å². The highest BCUT2D eigenvalue weighted by atomic mass is 35.5. The van der Waals surface area contributed by atoms with Gasteiger partial charge in [-0.15, -0.1) is 0 Å². The van der Waals surface area contributed by atoms with Gasteiger partial charge in [-0.1, -0.05) is 48.7 Å². The van der Waals surface area contributed by atoms with Gasteiger partial charge >= 0.3 is 0 Å². The summed E-state index contributed by atoms with van der Waals surface area (Å²) in [7, 11) is 0. The summed E-state index contributed by atoms with van der Waals surface area (Å²) in [5.41, 5.74) is 1.48. The van der Waals surface area contributed by atoms with Crippen molar-refractivity contribution in [3.05, 3.63) is 56.4 Å². The Kier molecular flexibility index (Phi) is 4.61. The SMILES string of the molecule is CCCCc1cccc(-n2ncc(Cl)c(Cl)c2=O)c1. The van der Waals surface area contributed by atoms with Crippen LogP contribution in [-0.4, -0.2) is 9.78 Å². The number of benzene rings is 1. The van der Waals surface area contributed by atoms with E-state index in [0.717, 1.165) is 19.3 Å². The van der Waals surface area contributed by atoms with Crippen LogP contribution in [0.1, 0.15) is 25.3 Å². The van der Waals surface area contributed by atoms with Gasteiger partial charge in [-0.25, -0.2) is 0 Å². The van der Waals surface area contributed by atoms with Crippen LogP contribution >= 0.6 is 23.2 Å². The first-order chi connectivity index (χ1) is 9.13. The minimum Gasteiger partial charge on any atom is -0.266 e. The van der Waals surface area contributed by atoms with Gasteiger partial charge in [-0.05, 0) is 30.5 Å². The molecule has 5 heteroatoms. The summed E-state index contributed by atoms with van der Waals surface area (Å²) in [5.74, 6) is 0. The fraction of sp³-hybridized carbons (Fsp3) is 0.286. The lowest BCUT2D eigenvalue weighted by Gasteiger charge is -2.07. The van der Waals surface area contributed by atoms with Crippen molar-refractivity contribution in [1.29, 1.82) is 0 Å². The first-order valence-electron chi connectivity index (χ1n) is 6.16. The van der Waals surface area contributed by atoms with E-state index < -0.39 is 5.56 Å². The molecular weight excluding hydrogens is 283 g/mol. The Morgan fingerprint density at radius 2 is 2.11 bits per heavy atom. The van der Waals surface area contributed by atoms with Crippen LogP contribution in [0.25, 0.3) is 5.69 Å². The van der Waals surface area contributed by atoms with Gasteiger partial charge in [0.05, 0.1) is 16.9 Å². The molecule has 0 radical (unpaired) electrons. The molecule has 1 heterocycles. The van der Waals surface area contributed by atoms with Gasteiger partial charge in [0, 0.05) is 0 Å². The van der Waals surface area contributed by atoms with Crippen molar-refractivity contribution in [2.24, 2.45) is 0 Å². The molecule has 0 fully saturated rings. The number of unbranched alkanes of at least 4 members (excludes halogenated alkanes) is 1. The molecule has 2 rings (SSSR count). The first kappa shape index (κ1) is 14.1. The molecular formula is C14H14Cl2N2O. The quantitative estimate of drug-likeness (QED) is 0.858. The molecule has 100 valence electrons. The molecule has 0 aliphatic rings. The summed E-state index contributed by atoms with van der Waals surface area (Å²) in [6.45, 7) is 2.15. The fourth-order valence-corrected chi connectivity index (χ4v) is 2.07. The summed E-state index contributed by atoms with van der Waals surface area (Å²) in [6, 6.07) is 7.74. The number of aryl methyl sites for hydroxylation is 1. The first-order valence-corrected chi connectivity index (χ1v) is 6.91. The van der Waals surface area contributed by atoms with Crippen LogP contribution in [-0.2, 0) is 6.42 Å². The summed E-state index contributed by atoms with van der Waals surface area (Å²) in [5, 5.41) is 4.19. The molecule has 19 heavy (non-hydrogen) atoms. The Hall–Kier alpha value is -1.32. The second-order valence-electron chi connectivity index (χ2n) is 4.30. The molecule has 0 atom stereocenters. The molecule has 2 aromatic rings. The predicted molar refractivity (Wildman–Crippen MR) is 78.5 cm³/mol. The Morgan fingerprint density at radius 1 is 1.32 bits per heavy atom. The van der Waals surface area contributed by atoms with Crippen molar-refractivity contribution in [3.8, 4) is 5.69 Å². The zero-order valence-corrected chi connectivity index (χ0v) is 12.1. The van der Waals surface area contributed by atoms with E-state index in [0.29, 0.717) is 5.69 Å². The highest BCUT2D eigenvalue weighted by Crippen LogP contribution is 2.17. The molecule has 0 N–H and O–H groups in total. The molecule has 0 aliphatic heterocycles. The molecule has 0 aliphatic carbocycles. The van der Waals surface area contributed by atoms with E-state index in [4.69, 9.17) is 23.2 Å². The monoisotopic (exact) mass is 296 g/mol. The zero-order chi connectivity index (χ0) is 13.8. The Labute approximate surface area is 121 Å². The molecule has 0 saturated carbocycles. The Bertz CT molecular complexity index is 638. The molecule has 0 bridgehead atoms. The maximum absolute atomic E-state index is 12.0.